The van der Waals surface area contributed by atoms with Crippen LogP contribution in [0.4, 0.5) is 5.69 Å². The van der Waals surface area contributed by atoms with Gasteiger partial charge in [-0.25, -0.2) is 0 Å². The number of para-hydroxylation sites is 1. The van der Waals surface area contributed by atoms with Gasteiger partial charge in [-0.1, -0.05) is 23.7 Å². The number of carbonyl (C=O) groups excluding carboxylic acids is 2. The molecule has 144 valence electrons. The number of halogens is 1. The quantitative estimate of drug-likeness (QED) is 0.706. The number of likely N-dealkylation sites (N-methyl/N-ethyl adjacent to an activating group) is 1. The first-order chi connectivity index (χ1) is 12.9. The summed E-state index contributed by atoms with van der Waals surface area (Å²) in [6, 6.07) is 10.5. The van der Waals surface area contributed by atoms with Crippen molar-refractivity contribution in [3.63, 3.8) is 0 Å². The number of amides is 2. The van der Waals surface area contributed by atoms with Gasteiger partial charge in [-0.05, 0) is 30.5 Å². The summed E-state index contributed by atoms with van der Waals surface area (Å²) in [6.45, 7) is -0.104. The number of nitrogens with zero attached hydrogens (tertiary/aromatic N) is 1. The minimum Gasteiger partial charge on any atom is -0.493 e. The Balaban J connectivity index is 2.11. The summed E-state index contributed by atoms with van der Waals surface area (Å²) < 4.78 is 10.4. The van der Waals surface area contributed by atoms with Crippen molar-refractivity contribution in [1.29, 1.82) is 0 Å². The lowest BCUT2D eigenvalue weighted by Gasteiger charge is -2.19. The molecule has 0 aromatic heterocycles. The zero-order valence-corrected chi connectivity index (χ0v) is 17.1. The molecule has 1 N–H and O–H groups in total. The molecule has 0 saturated carbocycles. The number of ether oxygens (including phenoxy) is 2. The van der Waals surface area contributed by atoms with Crippen LogP contribution in [0.5, 0.6) is 11.5 Å². The average Bonchev–Trinajstić information content (AvgIpc) is 2.66. The van der Waals surface area contributed by atoms with E-state index in [0.29, 0.717) is 22.7 Å². The van der Waals surface area contributed by atoms with Crippen molar-refractivity contribution in [2.75, 3.05) is 39.4 Å². The van der Waals surface area contributed by atoms with Crippen LogP contribution >= 0.6 is 23.4 Å². The van der Waals surface area contributed by atoms with Gasteiger partial charge in [0.05, 0.1) is 31.5 Å². The molecule has 0 spiro atoms. The second kappa shape index (κ2) is 9.53. The zero-order valence-electron chi connectivity index (χ0n) is 15.5. The third-order valence-electron chi connectivity index (χ3n) is 3.79. The molecule has 0 radical (unpaired) electrons. The standard InChI is InChI=1S/C19H21ClN2O4S/c1-22(11-17(23)21-14-7-5-6-8-16(14)27-4)19(24)12-9-13(20)18(26-3)15(10-12)25-2/h5-10H,11H2,1-4H3,(H,21,23). The van der Waals surface area contributed by atoms with Crippen molar-refractivity contribution in [3.05, 3.63) is 47.0 Å². The molecule has 0 heterocycles. The maximum Gasteiger partial charge on any atom is 0.254 e. The fourth-order valence-corrected chi connectivity index (χ4v) is 3.33. The molecule has 2 amide bonds. The third-order valence-corrected chi connectivity index (χ3v) is 4.87. The van der Waals surface area contributed by atoms with E-state index in [4.69, 9.17) is 21.1 Å². The van der Waals surface area contributed by atoms with Crippen LogP contribution in [0.2, 0.25) is 5.02 Å². The number of methoxy groups -OCH3 is 2. The van der Waals surface area contributed by atoms with E-state index in [9.17, 15) is 9.59 Å². The van der Waals surface area contributed by atoms with Crippen molar-refractivity contribution in [3.8, 4) is 11.5 Å². The van der Waals surface area contributed by atoms with E-state index in [1.54, 1.807) is 7.05 Å². The highest BCUT2D eigenvalue weighted by Crippen LogP contribution is 2.36. The first-order valence-corrected chi connectivity index (χ1v) is 9.61. The molecule has 0 unspecified atom stereocenters. The number of anilines is 1. The molecular formula is C19H21ClN2O4S. The van der Waals surface area contributed by atoms with Crippen LogP contribution in [0.25, 0.3) is 0 Å². The number of benzene rings is 2. The minimum atomic E-state index is -0.355. The largest absolute Gasteiger partial charge is 0.493 e. The molecule has 0 aliphatic rings. The number of hydrogen-bond acceptors (Lipinski definition) is 5. The van der Waals surface area contributed by atoms with Crippen molar-refractivity contribution >= 4 is 40.9 Å². The normalized spacial score (nSPS) is 10.3. The fraction of sp³-hybridized carbons (Fsp3) is 0.263. The lowest BCUT2D eigenvalue weighted by Crippen LogP contribution is -2.35. The highest BCUT2D eigenvalue weighted by Gasteiger charge is 2.20. The van der Waals surface area contributed by atoms with Gasteiger partial charge in [-0.2, -0.15) is 0 Å². The highest BCUT2D eigenvalue weighted by molar-refractivity contribution is 7.98. The van der Waals surface area contributed by atoms with E-state index in [1.165, 1.54) is 43.0 Å². The maximum atomic E-state index is 12.7. The molecule has 6 nitrogen and oxygen atoms in total. The van der Waals surface area contributed by atoms with Crippen LogP contribution in [0.15, 0.2) is 41.3 Å². The number of rotatable bonds is 7. The number of hydrogen-bond donors (Lipinski definition) is 1. The number of carbonyl (C=O) groups is 2. The zero-order chi connectivity index (χ0) is 20.0. The van der Waals surface area contributed by atoms with Crippen LogP contribution < -0.4 is 14.8 Å². The molecule has 0 saturated heterocycles. The van der Waals surface area contributed by atoms with Crippen LogP contribution in [-0.4, -0.2) is 50.8 Å². The Morgan fingerprint density at radius 2 is 1.89 bits per heavy atom. The second-order valence-electron chi connectivity index (χ2n) is 5.60. The summed E-state index contributed by atoms with van der Waals surface area (Å²) in [5, 5.41) is 3.08. The molecule has 0 atom stereocenters. The Morgan fingerprint density at radius 1 is 1.19 bits per heavy atom. The molecule has 0 aliphatic carbocycles. The summed E-state index contributed by atoms with van der Waals surface area (Å²) in [6.07, 6.45) is 1.93. The molecule has 0 bridgehead atoms. The van der Waals surface area contributed by atoms with Gasteiger partial charge in [0, 0.05) is 17.5 Å². The van der Waals surface area contributed by atoms with Crippen LogP contribution in [-0.2, 0) is 4.79 Å². The Kier molecular flexibility index (Phi) is 7.38. The van der Waals surface area contributed by atoms with Gasteiger partial charge in [0.25, 0.3) is 5.91 Å². The van der Waals surface area contributed by atoms with E-state index < -0.39 is 0 Å². The highest BCUT2D eigenvalue weighted by atomic mass is 35.5. The lowest BCUT2D eigenvalue weighted by molar-refractivity contribution is -0.116. The molecule has 2 aromatic carbocycles. The topological polar surface area (TPSA) is 67.9 Å². The van der Waals surface area contributed by atoms with E-state index in [1.807, 2.05) is 30.5 Å². The van der Waals surface area contributed by atoms with Gasteiger partial charge in [-0.3, -0.25) is 9.59 Å². The van der Waals surface area contributed by atoms with Crippen LogP contribution in [0.3, 0.4) is 0 Å². The summed E-state index contributed by atoms with van der Waals surface area (Å²) in [4.78, 5) is 27.3. The fourth-order valence-electron chi connectivity index (χ4n) is 2.49. The summed E-state index contributed by atoms with van der Waals surface area (Å²) in [5.41, 5.74) is 1.02. The minimum absolute atomic E-state index is 0.104. The van der Waals surface area contributed by atoms with Gasteiger partial charge in [0.15, 0.2) is 11.5 Å². The van der Waals surface area contributed by atoms with Crippen LogP contribution in [0.1, 0.15) is 10.4 Å². The Hall–Kier alpha value is -2.38. The second-order valence-corrected chi connectivity index (χ2v) is 6.86. The van der Waals surface area contributed by atoms with Crippen LogP contribution in [0, 0.1) is 0 Å². The molecular weight excluding hydrogens is 388 g/mol. The third kappa shape index (κ3) is 5.08. The number of thioether (sulfide) groups is 1. The van der Waals surface area contributed by atoms with Crippen molar-refractivity contribution in [2.45, 2.75) is 4.90 Å². The van der Waals surface area contributed by atoms with Gasteiger partial charge in [0.1, 0.15) is 0 Å². The molecule has 0 fully saturated rings. The molecule has 0 aliphatic heterocycles. The van der Waals surface area contributed by atoms with Gasteiger partial charge in [-0.15, -0.1) is 11.8 Å². The molecule has 2 rings (SSSR count). The monoisotopic (exact) mass is 408 g/mol. The van der Waals surface area contributed by atoms with E-state index >= 15 is 0 Å². The average molecular weight is 409 g/mol. The smallest absolute Gasteiger partial charge is 0.254 e. The Morgan fingerprint density at radius 3 is 2.52 bits per heavy atom. The maximum absolute atomic E-state index is 12.7. The SMILES string of the molecule is COc1cc(C(=O)N(C)CC(=O)Nc2ccccc2SC)cc(Cl)c1OC. The first-order valence-electron chi connectivity index (χ1n) is 8.01. The molecule has 27 heavy (non-hydrogen) atoms. The van der Waals surface area contributed by atoms with Gasteiger partial charge >= 0.3 is 0 Å². The van der Waals surface area contributed by atoms with E-state index in [2.05, 4.69) is 5.32 Å². The predicted octanol–water partition coefficient (Wildman–Crippen LogP) is 3.79. The van der Waals surface area contributed by atoms with E-state index in [-0.39, 0.29) is 23.4 Å². The summed E-state index contributed by atoms with van der Waals surface area (Å²) in [5.74, 6) is 0.0509. The van der Waals surface area contributed by atoms with Crippen molar-refractivity contribution < 1.29 is 19.1 Å². The summed E-state index contributed by atoms with van der Waals surface area (Å²) >= 11 is 7.68. The van der Waals surface area contributed by atoms with Crippen molar-refractivity contribution in [1.82, 2.24) is 4.90 Å². The van der Waals surface area contributed by atoms with Crippen molar-refractivity contribution in [2.24, 2.45) is 0 Å². The molecule has 2 aromatic rings. The Labute approximate surface area is 167 Å². The first kappa shape index (κ1) is 20.9. The Bertz CT molecular complexity index is 844. The predicted molar refractivity (Wildman–Crippen MR) is 108 cm³/mol. The lowest BCUT2D eigenvalue weighted by atomic mass is 10.1. The molecule has 8 heteroatoms. The van der Waals surface area contributed by atoms with E-state index in [0.717, 1.165) is 4.90 Å². The number of nitrogens with one attached hydrogen (secondary N) is 1. The van der Waals surface area contributed by atoms with Gasteiger partial charge < -0.3 is 19.7 Å². The summed E-state index contributed by atoms with van der Waals surface area (Å²) in [7, 11) is 4.48. The van der Waals surface area contributed by atoms with Gasteiger partial charge in [0.2, 0.25) is 5.91 Å².